The van der Waals surface area contributed by atoms with Crippen LogP contribution in [0.25, 0.3) is 0 Å². The second-order valence-corrected chi connectivity index (χ2v) is 9.94. The maximum Gasteiger partial charge on any atom is 0.403 e. The van der Waals surface area contributed by atoms with Crippen LogP contribution in [0.3, 0.4) is 0 Å². The van der Waals surface area contributed by atoms with E-state index in [-0.39, 0.29) is 30.1 Å². The molecular formula is C24H26F4N4O5. The highest BCUT2D eigenvalue weighted by atomic mass is 19.4. The largest absolute Gasteiger partial charge is 0.403 e. The van der Waals surface area contributed by atoms with Gasteiger partial charge in [-0.2, -0.15) is 13.2 Å². The number of ketones is 1. The fourth-order valence-corrected chi connectivity index (χ4v) is 4.37. The van der Waals surface area contributed by atoms with Gasteiger partial charge in [0, 0.05) is 18.0 Å². The molecule has 2 aliphatic carbocycles. The van der Waals surface area contributed by atoms with E-state index < -0.39 is 71.3 Å². The average molecular weight is 526 g/mol. The van der Waals surface area contributed by atoms with Crippen LogP contribution < -0.4 is 21.3 Å². The van der Waals surface area contributed by atoms with Gasteiger partial charge in [-0.15, -0.1) is 0 Å². The van der Waals surface area contributed by atoms with E-state index in [1.165, 1.54) is 0 Å². The zero-order valence-electron chi connectivity index (χ0n) is 19.8. The number of amides is 4. The van der Waals surface area contributed by atoms with E-state index in [9.17, 15) is 41.5 Å². The number of nitrogens with one attached hydrogen (secondary N) is 4. The molecule has 3 aliphatic rings. The maximum absolute atomic E-state index is 14.0. The van der Waals surface area contributed by atoms with Crippen LogP contribution in [0.4, 0.5) is 23.2 Å². The lowest BCUT2D eigenvalue weighted by Crippen LogP contribution is -2.49. The van der Waals surface area contributed by atoms with Gasteiger partial charge in [-0.1, -0.05) is 0 Å². The van der Waals surface area contributed by atoms with Gasteiger partial charge in [-0.25, -0.2) is 4.39 Å². The van der Waals surface area contributed by atoms with Crippen LogP contribution in [-0.4, -0.2) is 53.7 Å². The van der Waals surface area contributed by atoms with Crippen LogP contribution in [-0.2, 0) is 19.2 Å². The van der Waals surface area contributed by atoms with Crippen molar-refractivity contribution in [3.63, 3.8) is 0 Å². The summed E-state index contributed by atoms with van der Waals surface area (Å²) in [6, 6.07) is 0.693. The molecule has 0 bridgehead atoms. The molecule has 2 saturated carbocycles. The molecule has 3 atom stereocenters. The number of hydrogen-bond donors (Lipinski definition) is 4. The Morgan fingerprint density at radius 1 is 1.16 bits per heavy atom. The lowest BCUT2D eigenvalue weighted by Gasteiger charge is -2.22. The van der Waals surface area contributed by atoms with Crippen molar-refractivity contribution in [3.8, 4) is 0 Å². The first-order chi connectivity index (χ1) is 17.3. The number of hydrogen-bond acceptors (Lipinski definition) is 5. The van der Waals surface area contributed by atoms with Gasteiger partial charge in [0.15, 0.2) is 0 Å². The van der Waals surface area contributed by atoms with Crippen molar-refractivity contribution < 1.29 is 41.5 Å². The van der Waals surface area contributed by atoms with Crippen molar-refractivity contribution >= 4 is 35.1 Å². The van der Waals surface area contributed by atoms with Crippen molar-refractivity contribution in [2.24, 2.45) is 11.3 Å². The Labute approximate surface area is 209 Å². The van der Waals surface area contributed by atoms with E-state index >= 15 is 0 Å². The molecule has 3 fully saturated rings. The Hall–Kier alpha value is -3.51. The SMILES string of the molecule is C[C@@H]1C[C@@H](CC(NC(=O)c2cc(F)ccc2NC(=O)C2(C(F)(F)F)CC2)C(=O)C(=O)NC2CC2)C(=O)N1. The first-order valence-electron chi connectivity index (χ1n) is 11.9. The number of Topliss-reactive ketones (excluding diaryl/α,β-unsaturated/α-hetero) is 1. The van der Waals surface area contributed by atoms with Gasteiger partial charge in [0.1, 0.15) is 11.2 Å². The summed E-state index contributed by atoms with van der Waals surface area (Å²) in [6.45, 7) is 1.75. The van der Waals surface area contributed by atoms with Crippen molar-refractivity contribution in [1.82, 2.24) is 16.0 Å². The van der Waals surface area contributed by atoms with Crippen molar-refractivity contribution in [2.75, 3.05) is 5.32 Å². The minimum absolute atomic E-state index is 0.156. The van der Waals surface area contributed by atoms with E-state index in [1.54, 1.807) is 6.92 Å². The summed E-state index contributed by atoms with van der Waals surface area (Å²) in [7, 11) is 0. The van der Waals surface area contributed by atoms with Crippen LogP contribution in [0, 0.1) is 17.2 Å². The monoisotopic (exact) mass is 526 g/mol. The molecule has 1 aromatic rings. The molecule has 0 spiro atoms. The third-order valence-electron chi connectivity index (χ3n) is 6.88. The number of carbonyl (C=O) groups excluding carboxylic acids is 5. The standard InChI is InChI=1S/C24H26F4N4O5/c1-11-8-12(19(34)29-11)9-17(18(33)21(36)30-14-3-4-14)31-20(35)15-10-13(25)2-5-16(15)32-22(37)23(6-7-23)24(26,27)28/h2,5,10-12,14,17H,3-4,6-9H2,1H3,(H,29,34)(H,30,36)(H,31,35)(H,32,37)/t11-,12+,17?/m1/s1. The van der Waals surface area contributed by atoms with E-state index in [0.717, 1.165) is 12.1 Å². The smallest absolute Gasteiger partial charge is 0.353 e. The molecule has 0 aromatic heterocycles. The van der Waals surface area contributed by atoms with Crippen molar-refractivity contribution in [3.05, 3.63) is 29.6 Å². The van der Waals surface area contributed by atoms with E-state index in [2.05, 4.69) is 21.3 Å². The molecule has 13 heteroatoms. The first-order valence-corrected chi connectivity index (χ1v) is 11.9. The third-order valence-corrected chi connectivity index (χ3v) is 6.88. The summed E-state index contributed by atoms with van der Waals surface area (Å²) in [4.78, 5) is 63.1. The van der Waals surface area contributed by atoms with E-state index in [4.69, 9.17) is 0 Å². The summed E-state index contributed by atoms with van der Waals surface area (Å²) in [5.41, 5.74) is -3.50. The fraction of sp³-hybridized carbons (Fsp3) is 0.542. The van der Waals surface area contributed by atoms with Gasteiger partial charge in [-0.3, -0.25) is 24.0 Å². The minimum atomic E-state index is -4.80. The molecule has 1 unspecified atom stereocenters. The Morgan fingerprint density at radius 3 is 2.38 bits per heavy atom. The Bertz CT molecular complexity index is 1150. The first kappa shape index (κ1) is 26.6. The fourth-order valence-electron chi connectivity index (χ4n) is 4.37. The molecule has 37 heavy (non-hydrogen) atoms. The van der Waals surface area contributed by atoms with Crippen LogP contribution >= 0.6 is 0 Å². The van der Waals surface area contributed by atoms with Crippen molar-refractivity contribution in [2.45, 2.75) is 69.8 Å². The summed E-state index contributed by atoms with van der Waals surface area (Å²) < 4.78 is 54.1. The lowest BCUT2D eigenvalue weighted by atomic mass is 9.93. The molecule has 0 radical (unpaired) electrons. The molecule has 4 rings (SSSR count). The average Bonchev–Trinajstić information content (AvgIpc) is 3.72. The molecule has 1 aromatic carbocycles. The molecule has 1 saturated heterocycles. The summed E-state index contributed by atoms with van der Waals surface area (Å²) in [5.74, 6) is -6.41. The Balaban J connectivity index is 1.55. The highest BCUT2D eigenvalue weighted by Gasteiger charge is 2.68. The van der Waals surface area contributed by atoms with Gasteiger partial charge in [0.05, 0.1) is 17.3 Å². The minimum Gasteiger partial charge on any atom is -0.353 e. The molecule has 1 aliphatic heterocycles. The molecule has 9 nitrogen and oxygen atoms in total. The van der Waals surface area contributed by atoms with E-state index in [1.807, 2.05) is 0 Å². The van der Waals surface area contributed by atoms with Gasteiger partial charge in [-0.05, 0) is 63.6 Å². The second-order valence-electron chi connectivity index (χ2n) is 9.94. The Kier molecular flexibility index (Phi) is 6.99. The zero-order valence-corrected chi connectivity index (χ0v) is 19.8. The number of rotatable bonds is 9. The van der Waals surface area contributed by atoms with Gasteiger partial charge in [0.25, 0.3) is 11.8 Å². The van der Waals surface area contributed by atoms with Gasteiger partial charge < -0.3 is 21.3 Å². The summed E-state index contributed by atoms with van der Waals surface area (Å²) in [5, 5.41) is 9.58. The molecule has 4 N–H and O–H groups in total. The molecular weight excluding hydrogens is 500 g/mol. The van der Waals surface area contributed by atoms with E-state index in [0.29, 0.717) is 25.3 Å². The number of halogens is 4. The summed E-state index contributed by atoms with van der Waals surface area (Å²) in [6.07, 6.45) is -4.10. The quantitative estimate of drug-likeness (QED) is 0.289. The molecule has 200 valence electrons. The van der Waals surface area contributed by atoms with Crippen LogP contribution in [0.15, 0.2) is 18.2 Å². The number of alkyl halides is 3. The number of benzene rings is 1. The van der Waals surface area contributed by atoms with Crippen molar-refractivity contribution in [1.29, 1.82) is 0 Å². The predicted octanol–water partition coefficient (Wildman–Crippen LogP) is 1.97. The van der Waals surface area contributed by atoms with Gasteiger partial charge >= 0.3 is 6.18 Å². The number of carbonyl (C=O) groups is 5. The van der Waals surface area contributed by atoms with Crippen LogP contribution in [0.5, 0.6) is 0 Å². The predicted molar refractivity (Wildman–Crippen MR) is 121 cm³/mol. The number of anilines is 1. The topological polar surface area (TPSA) is 133 Å². The highest BCUT2D eigenvalue weighted by Crippen LogP contribution is 2.58. The maximum atomic E-state index is 14.0. The zero-order chi connectivity index (χ0) is 27.1. The normalized spacial score (nSPS) is 23.0. The summed E-state index contributed by atoms with van der Waals surface area (Å²) >= 11 is 0. The molecule has 1 heterocycles. The Morgan fingerprint density at radius 2 is 1.84 bits per heavy atom. The third kappa shape index (κ3) is 5.75. The highest BCUT2D eigenvalue weighted by molar-refractivity contribution is 6.38. The van der Waals surface area contributed by atoms with Crippen LogP contribution in [0.2, 0.25) is 0 Å². The molecule has 4 amide bonds. The lowest BCUT2D eigenvalue weighted by molar-refractivity contribution is -0.189. The van der Waals surface area contributed by atoms with Gasteiger partial charge in [0.2, 0.25) is 17.6 Å². The van der Waals surface area contributed by atoms with Crippen LogP contribution in [0.1, 0.15) is 55.8 Å². The second kappa shape index (κ2) is 9.75.